The fraction of sp³-hybridized carbons (Fsp3) is 0.156. The van der Waals surface area contributed by atoms with Crippen LogP contribution in [-0.4, -0.2) is 41.6 Å². The summed E-state index contributed by atoms with van der Waals surface area (Å²) in [5.41, 5.74) is 5.15. The Balaban J connectivity index is 1.19. The molecule has 6 rings (SSSR count). The Morgan fingerprint density at radius 2 is 1.90 bits per heavy atom. The molecular weight excluding hydrogens is 504 g/mol. The van der Waals surface area contributed by atoms with Crippen molar-refractivity contribution in [2.24, 2.45) is 0 Å². The van der Waals surface area contributed by atoms with Crippen LogP contribution >= 0.6 is 0 Å². The zero-order chi connectivity index (χ0) is 27.5. The predicted octanol–water partition coefficient (Wildman–Crippen LogP) is 5.54. The summed E-state index contributed by atoms with van der Waals surface area (Å²) < 4.78 is 11.4. The van der Waals surface area contributed by atoms with Crippen LogP contribution in [0.1, 0.15) is 27.5 Å². The normalized spacial score (nSPS) is 16.3. The molecule has 5 aromatic rings. The molecule has 40 heavy (non-hydrogen) atoms. The van der Waals surface area contributed by atoms with Crippen LogP contribution in [0.25, 0.3) is 10.9 Å². The van der Waals surface area contributed by atoms with Crippen LogP contribution in [0.2, 0.25) is 0 Å². The topological polar surface area (TPSA) is 96.5 Å². The minimum Gasteiger partial charge on any atom is -0.486 e. The van der Waals surface area contributed by atoms with Crippen LogP contribution < -0.4 is 15.0 Å². The molecule has 1 amide bonds. The third-order valence-electron chi connectivity index (χ3n) is 7.10. The van der Waals surface area contributed by atoms with Gasteiger partial charge in [-0.2, -0.15) is 0 Å². The molecule has 0 radical (unpaired) electrons. The number of benzene rings is 3. The third kappa shape index (κ3) is 5.24. The van der Waals surface area contributed by atoms with E-state index in [0.717, 1.165) is 33.5 Å². The predicted molar refractivity (Wildman–Crippen MR) is 154 cm³/mol. The number of hydrogen-bond acceptors (Lipinski definition) is 6. The molecule has 2 unspecified atom stereocenters. The molecule has 8 nitrogen and oxygen atoms in total. The van der Waals surface area contributed by atoms with Gasteiger partial charge in [-0.3, -0.25) is 9.78 Å². The van der Waals surface area contributed by atoms with E-state index in [1.807, 2.05) is 54.7 Å². The number of esters is 1. The minimum atomic E-state index is -0.367. The number of ether oxygens (including phenoxy) is 2. The molecule has 0 spiro atoms. The SMILES string of the molecule is COC(=O)c1cccc(N2CC(Oc3ccc(CC(=O)Nc4cccnc4)cc3)C2c2ccc3cc[nH]c3c2)c1. The van der Waals surface area contributed by atoms with Crippen molar-refractivity contribution in [1.82, 2.24) is 9.97 Å². The van der Waals surface area contributed by atoms with Crippen molar-refractivity contribution in [3.8, 4) is 5.75 Å². The monoisotopic (exact) mass is 532 g/mol. The van der Waals surface area contributed by atoms with Crippen LogP contribution in [0.4, 0.5) is 11.4 Å². The Morgan fingerprint density at radius 1 is 1.02 bits per heavy atom. The molecule has 2 N–H and O–H groups in total. The molecular formula is C32H28N4O4. The lowest BCUT2D eigenvalue weighted by Gasteiger charge is -2.49. The summed E-state index contributed by atoms with van der Waals surface area (Å²) in [5.74, 6) is 0.259. The maximum Gasteiger partial charge on any atom is 0.337 e. The first-order valence-electron chi connectivity index (χ1n) is 13.0. The van der Waals surface area contributed by atoms with E-state index in [4.69, 9.17) is 9.47 Å². The van der Waals surface area contributed by atoms with Gasteiger partial charge in [-0.25, -0.2) is 4.79 Å². The maximum atomic E-state index is 12.4. The first kappa shape index (κ1) is 25.2. The lowest BCUT2D eigenvalue weighted by Crippen LogP contribution is -2.56. The molecule has 1 aliphatic heterocycles. The number of rotatable bonds is 8. The highest BCUT2D eigenvalue weighted by Crippen LogP contribution is 2.41. The largest absolute Gasteiger partial charge is 0.486 e. The van der Waals surface area contributed by atoms with Crippen molar-refractivity contribution in [2.75, 3.05) is 23.9 Å². The van der Waals surface area contributed by atoms with Crippen molar-refractivity contribution in [3.63, 3.8) is 0 Å². The molecule has 0 aliphatic carbocycles. The van der Waals surface area contributed by atoms with Crippen molar-refractivity contribution in [1.29, 1.82) is 0 Å². The number of H-pyrrole nitrogens is 1. The quantitative estimate of drug-likeness (QED) is 0.255. The van der Waals surface area contributed by atoms with Crippen molar-refractivity contribution in [3.05, 3.63) is 120 Å². The second-order valence-electron chi connectivity index (χ2n) is 9.73. The number of pyridine rings is 1. The maximum absolute atomic E-state index is 12.4. The van der Waals surface area contributed by atoms with E-state index in [2.05, 4.69) is 38.4 Å². The molecule has 2 aromatic heterocycles. The number of fused-ring (bicyclic) bond motifs is 1. The van der Waals surface area contributed by atoms with E-state index in [-0.39, 0.29) is 30.4 Å². The van der Waals surface area contributed by atoms with Gasteiger partial charge in [0.1, 0.15) is 11.9 Å². The Labute approximate surface area is 231 Å². The molecule has 1 aliphatic rings. The van der Waals surface area contributed by atoms with E-state index >= 15 is 0 Å². The number of carbonyl (C=O) groups excluding carboxylic acids is 2. The number of anilines is 2. The highest BCUT2D eigenvalue weighted by Gasteiger charge is 2.42. The van der Waals surface area contributed by atoms with E-state index in [1.165, 1.54) is 7.11 Å². The highest BCUT2D eigenvalue weighted by atomic mass is 16.5. The molecule has 1 fully saturated rings. The van der Waals surface area contributed by atoms with Crippen LogP contribution in [0.3, 0.4) is 0 Å². The average Bonchev–Trinajstić information content (AvgIpc) is 3.44. The fourth-order valence-electron chi connectivity index (χ4n) is 5.10. The van der Waals surface area contributed by atoms with Gasteiger partial charge in [-0.15, -0.1) is 0 Å². The van der Waals surface area contributed by atoms with Gasteiger partial charge in [0.15, 0.2) is 0 Å². The van der Waals surface area contributed by atoms with Gasteiger partial charge >= 0.3 is 5.97 Å². The Morgan fingerprint density at radius 3 is 2.70 bits per heavy atom. The van der Waals surface area contributed by atoms with Gasteiger partial charge in [0, 0.05) is 23.6 Å². The number of carbonyl (C=O) groups is 2. The van der Waals surface area contributed by atoms with Crippen molar-refractivity contribution < 1.29 is 19.1 Å². The van der Waals surface area contributed by atoms with E-state index in [1.54, 1.807) is 30.6 Å². The number of aromatic amines is 1. The van der Waals surface area contributed by atoms with Gasteiger partial charge in [-0.1, -0.05) is 30.3 Å². The van der Waals surface area contributed by atoms with Crippen LogP contribution in [0.5, 0.6) is 5.75 Å². The van der Waals surface area contributed by atoms with Crippen LogP contribution in [-0.2, 0) is 16.0 Å². The van der Waals surface area contributed by atoms with Crippen molar-refractivity contribution in [2.45, 2.75) is 18.6 Å². The number of methoxy groups -OCH3 is 1. The van der Waals surface area contributed by atoms with E-state index < -0.39 is 0 Å². The van der Waals surface area contributed by atoms with E-state index in [9.17, 15) is 9.59 Å². The number of nitrogens with one attached hydrogen (secondary N) is 2. The molecule has 0 saturated carbocycles. The summed E-state index contributed by atoms with van der Waals surface area (Å²) in [5, 5.41) is 4.00. The van der Waals surface area contributed by atoms with Gasteiger partial charge in [-0.05, 0) is 71.1 Å². The second kappa shape index (κ2) is 10.9. The van der Waals surface area contributed by atoms with Gasteiger partial charge in [0.2, 0.25) is 5.91 Å². The third-order valence-corrected chi connectivity index (χ3v) is 7.10. The van der Waals surface area contributed by atoms with Gasteiger partial charge in [0.25, 0.3) is 0 Å². The summed E-state index contributed by atoms with van der Waals surface area (Å²) in [6.07, 6.45) is 5.35. The van der Waals surface area contributed by atoms with Crippen molar-refractivity contribution >= 4 is 34.2 Å². The number of aromatic nitrogens is 2. The second-order valence-corrected chi connectivity index (χ2v) is 9.73. The molecule has 8 heteroatoms. The first-order valence-corrected chi connectivity index (χ1v) is 13.0. The Kier molecular flexibility index (Phi) is 6.89. The molecule has 1 saturated heterocycles. The summed E-state index contributed by atoms with van der Waals surface area (Å²) in [6.45, 7) is 0.646. The summed E-state index contributed by atoms with van der Waals surface area (Å²) in [6, 6.07) is 27.0. The minimum absolute atomic E-state index is 0.0643. The van der Waals surface area contributed by atoms with Crippen LogP contribution in [0.15, 0.2) is 104 Å². The molecule has 3 heterocycles. The fourth-order valence-corrected chi connectivity index (χ4v) is 5.10. The molecule has 3 aromatic carbocycles. The number of amides is 1. The van der Waals surface area contributed by atoms with Gasteiger partial charge < -0.3 is 24.7 Å². The smallest absolute Gasteiger partial charge is 0.337 e. The zero-order valence-electron chi connectivity index (χ0n) is 21.9. The standard InChI is InChI=1S/C32H28N4O4/c1-39-32(38)24-4-2-6-26(17-24)36-20-29(31(36)23-10-9-22-13-15-34-28(22)18-23)40-27-11-7-21(8-12-27)16-30(37)35-25-5-3-14-33-19-25/h2-15,17-19,29,31,34H,16,20H2,1H3,(H,35,37). The highest BCUT2D eigenvalue weighted by molar-refractivity contribution is 5.92. The molecule has 200 valence electrons. The Bertz CT molecular complexity index is 1650. The first-order chi connectivity index (χ1) is 19.6. The summed E-state index contributed by atoms with van der Waals surface area (Å²) in [7, 11) is 1.38. The van der Waals surface area contributed by atoms with E-state index in [0.29, 0.717) is 17.8 Å². The number of nitrogens with zero attached hydrogens (tertiary/aromatic N) is 2. The summed E-state index contributed by atoms with van der Waals surface area (Å²) >= 11 is 0. The lowest BCUT2D eigenvalue weighted by molar-refractivity contribution is -0.115. The van der Waals surface area contributed by atoms with Gasteiger partial charge in [0.05, 0.1) is 43.6 Å². The Hall–Kier alpha value is -5.11. The zero-order valence-corrected chi connectivity index (χ0v) is 21.9. The molecule has 2 atom stereocenters. The average molecular weight is 533 g/mol. The summed E-state index contributed by atoms with van der Waals surface area (Å²) in [4.78, 5) is 34.1. The van der Waals surface area contributed by atoms with Crippen LogP contribution in [0, 0.1) is 0 Å². The lowest BCUT2D eigenvalue weighted by atomic mass is 9.90. The number of hydrogen-bond donors (Lipinski definition) is 2. The molecule has 0 bridgehead atoms.